The number of carbonyl (C=O) groups is 2. The maximum Gasteiger partial charge on any atom is 0.340 e. The summed E-state index contributed by atoms with van der Waals surface area (Å²) in [6, 6.07) is 11.4. The van der Waals surface area contributed by atoms with Gasteiger partial charge in [0.05, 0.1) is 11.6 Å². The van der Waals surface area contributed by atoms with E-state index >= 15 is 0 Å². The van der Waals surface area contributed by atoms with E-state index in [-0.39, 0.29) is 18.6 Å². The largest absolute Gasteiger partial charge is 0.452 e. The van der Waals surface area contributed by atoms with E-state index in [2.05, 4.69) is 16.4 Å². The monoisotopic (exact) mass is 310 g/mol. The Balaban J connectivity index is 1.52. The second-order valence-corrected chi connectivity index (χ2v) is 5.62. The maximum absolute atomic E-state index is 12.0. The van der Waals surface area contributed by atoms with Crippen molar-refractivity contribution in [2.24, 2.45) is 0 Å². The molecule has 0 spiro atoms. The molecule has 3 rings (SSSR count). The summed E-state index contributed by atoms with van der Waals surface area (Å²) >= 11 is 0. The molecular weight excluding hydrogens is 292 g/mol. The number of fused-ring (bicyclic) bond motifs is 1. The van der Waals surface area contributed by atoms with Crippen molar-refractivity contribution in [2.75, 3.05) is 6.61 Å². The van der Waals surface area contributed by atoms with Gasteiger partial charge in [0.25, 0.3) is 5.91 Å². The lowest BCUT2D eigenvalue weighted by molar-refractivity contribution is -0.125. The summed E-state index contributed by atoms with van der Waals surface area (Å²) in [4.78, 5) is 27.9. The van der Waals surface area contributed by atoms with E-state index in [4.69, 9.17) is 4.74 Å². The van der Waals surface area contributed by atoms with E-state index in [1.807, 2.05) is 25.1 Å². The van der Waals surface area contributed by atoms with Crippen molar-refractivity contribution in [3.05, 3.63) is 65.0 Å². The molecule has 1 atom stereocenters. The zero-order valence-electron chi connectivity index (χ0n) is 12.9. The highest BCUT2D eigenvalue weighted by atomic mass is 16.5. The molecule has 0 bridgehead atoms. The molecule has 0 saturated carbocycles. The van der Waals surface area contributed by atoms with Gasteiger partial charge in [-0.3, -0.25) is 9.78 Å². The molecule has 23 heavy (non-hydrogen) atoms. The average molecular weight is 310 g/mol. The van der Waals surface area contributed by atoms with Gasteiger partial charge in [-0.1, -0.05) is 24.3 Å². The molecule has 118 valence electrons. The molecule has 1 aromatic heterocycles. The molecular formula is C18H18N2O3. The number of nitrogens with zero attached hydrogens (tertiary/aromatic N) is 1. The Hall–Kier alpha value is -2.69. The van der Waals surface area contributed by atoms with Crippen LogP contribution in [0.4, 0.5) is 0 Å². The minimum Gasteiger partial charge on any atom is -0.452 e. The molecule has 1 aliphatic carbocycles. The van der Waals surface area contributed by atoms with Crippen LogP contribution in [0.15, 0.2) is 42.6 Å². The Bertz CT molecular complexity index is 725. The van der Waals surface area contributed by atoms with Crippen molar-refractivity contribution in [1.82, 2.24) is 10.3 Å². The highest BCUT2D eigenvalue weighted by Gasteiger charge is 2.23. The normalized spacial score (nSPS) is 15.8. The van der Waals surface area contributed by atoms with Crippen LogP contribution in [0.1, 0.15) is 39.6 Å². The summed E-state index contributed by atoms with van der Waals surface area (Å²) in [5.74, 6) is -0.834. The Morgan fingerprint density at radius 3 is 2.87 bits per heavy atom. The molecule has 0 aliphatic heterocycles. The van der Waals surface area contributed by atoms with Crippen LogP contribution in [0.25, 0.3) is 0 Å². The average Bonchev–Trinajstić information content (AvgIpc) is 2.96. The second kappa shape index (κ2) is 6.60. The smallest absolute Gasteiger partial charge is 0.340 e. The summed E-state index contributed by atoms with van der Waals surface area (Å²) in [7, 11) is 0. The quantitative estimate of drug-likeness (QED) is 0.880. The lowest BCUT2D eigenvalue weighted by Crippen LogP contribution is -2.31. The molecule has 1 N–H and O–H groups in total. The first-order valence-corrected chi connectivity index (χ1v) is 7.60. The molecule has 0 unspecified atom stereocenters. The van der Waals surface area contributed by atoms with Crippen LogP contribution in [-0.4, -0.2) is 23.5 Å². The minimum absolute atomic E-state index is 0.00144. The van der Waals surface area contributed by atoms with Crippen LogP contribution >= 0.6 is 0 Å². The van der Waals surface area contributed by atoms with Gasteiger partial charge in [-0.2, -0.15) is 0 Å². The van der Waals surface area contributed by atoms with Crippen LogP contribution in [0.2, 0.25) is 0 Å². The summed E-state index contributed by atoms with van der Waals surface area (Å²) in [6.45, 7) is 1.55. The number of aryl methyl sites for hydroxylation is 2. The maximum atomic E-state index is 12.0. The predicted molar refractivity (Wildman–Crippen MR) is 84.9 cm³/mol. The van der Waals surface area contributed by atoms with E-state index in [0.29, 0.717) is 5.56 Å². The number of amides is 1. The van der Waals surface area contributed by atoms with Gasteiger partial charge in [0.15, 0.2) is 6.61 Å². The summed E-state index contributed by atoms with van der Waals surface area (Å²) in [5.41, 5.74) is 3.57. The Morgan fingerprint density at radius 2 is 2.09 bits per heavy atom. The molecule has 0 radical (unpaired) electrons. The molecule has 0 saturated heterocycles. The molecule has 5 nitrogen and oxygen atoms in total. The van der Waals surface area contributed by atoms with Gasteiger partial charge >= 0.3 is 5.97 Å². The zero-order chi connectivity index (χ0) is 16.2. The van der Waals surface area contributed by atoms with Gasteiger partial charge in [-0.05, 0) is 43.0 Å². The van der Waals surface area contributed by atoms with Crippen molar-refractivity contribution < 1.29 is 14.3 Å². The van der Waals surface area contributed by atoms with Crippen LogP contribution in [0.5, 0.6) is 0 Å². The number of hydrogen-bond acceptors (Lipinski definition) is 4. The number of rotatable bonds is 4. The summed E-state index contributed by atoms with van der Waals surface area (Å²) in [6.07, 6.45) is 3.28. The predicted octanol–water partition coefficient (Wildman–Crippen LogP) is 2.35. The molecule has 1 heterocycles. The Morgan fingerprint density at radius 1 is 1.26 bits per heavy atom. The molecule has 1 aromatic carbocycles. The van der Waals surface area contributed by atoms with Crippen LogP contribution in [0.3, 0.4) is 0 Å². The highest BCUT2D eigenvalue weighted by Crippen LogP contribution is 2.30. The van der Waals surface area contributed by atoms with Gasteiger partial charge in [-0.15, -0.1) is 0 Å². The van der Waals surface area contributed by atoms with Crippen molar-refractivity contribution >= 4 is 11.9 Å². The van der Waals surface area contributed by atoms with Crippen LogP contribution < -0.4 is 5.32 Å². The highest BCUT2D eigenvalue weighted by molar-refractivity contribution is 5.91. The lowest BCUT2D eigenvalue weighted by atomic mass is 10.1. The fourth-order valence-electron chi connectivity index (χ4n) is 2.75. The Labute approximate surface area is 134 Å². The third kappa shape index (κ3) is 3.56. The molecule has 1 amide bonds. The number of carbonyl (C=O) groups excluding carboxylic acids is 2. The molecule has 2 aromatic rings. The summed E-state index contributed by atoms with van der Waals surface area (Å²) in [5, 5.41) is 2.92. The first-order valence-electron chi connectivity index (χ1n) is 7.60. The first kappa shape index (κ1) is 15.2. The van der Waals surface area contributed by atoms with Crippen molar-refractivity contribution in [3.8, 4) is 0 Å². The number of pyridine rings is 1. The SMILES string of the molecule is Cc1ccc(C(=O)OCC(=O)N[C@H]2CCc3ccccc32)cn1. The van der Waals surface area contributed by atoms with Crippen molar-refractivity contribution in [3.63, 3.8) is 0 Å². The number of hydrogen-bond donors (Lipinski definition) is 1. The van der Waals surface area contributed by atoms with Gasteiger partial charge < -0.3 is 10.1 Å². The van der Waals surface area contributed by atoms with Crippen molar-refractivity contribution in [1.29, 1.82) is 0 Å². The fourth-order valence-corrected chi connectivity index (χ4v) is 2.75. The fraction of sp³-hybridized carbons (Fsp3) is 0.278. The van der Waals surface area contributed by atoms with Crippen LogP contribution in [0, 0.1) is 6.92 Å². The van der Waals surface area contributed by atoms with E-state index in [0.717, 1.165) is 24.1 Å². The molecule has 5 heteroatoms. The third-order valence-electron chi connectivity index (χ3n) is 3.95. The Kier molecular flexibility index (Phi) is 4.37. The lowest BCUT2D eigenvalue weighted by Gasteiger charge is -2.14. The van der Waals surface area contributed by atoms with E-state index in [9.17, 15) is 9.59 Å². The number of esters is 1. The van der Waals surface area contributed by atoms with Gasteiger partial charge in [0.2, 0.25) is 0 Å². The van der Waals surface area contributed by atoms with Gasteiger partial charge in [0.1, 0.15) is 0 Å². The number of benzene rings is 1. The van der Waals surface area contributed by atoms with Crippen LogP contribution in [-0.2, 0) is 16.0 Å². The zero-order valence-corrected chi connectivity index (χ0v) is 12.9. The topological polar surface area (TPSA) is 68.3 Å². The van der Waals surface area contributed by atoms with E-state index in [1.165, 1.54) is 11.8 Å². The third-order valence-corrected chi connectivity index (χ3v) is 3.95. The minimum atomic E-state index is -0.542. The van der Waals surface area contributed by atoms with E-state index < -0.39 is 5.97 Å². The van der Waals surface area contributed by atoms with Gasteiger partial charge in [-0.25, -0.2) is 4.79 Å². The second-order valence-electron chi connectivity index (χ2n) is 5.62. The number of aromatic nitrogens is 1. The number of nitrogens with one attached hydrogen (secondary N) is 1. The molecule has 0 fully saturated rings. The number of ether oxygens (including phenoxy) is 1. The standard InChI is InChI=1S/C18H18N2O3/c1-12-6-7-14(10-19-12)18(22)23-11-17(21)20-16-9-8-13-4-2-3-5-15(13)16/h2-7,10,16H,8-9,11H2,1H3,(H,20,21)/t16-/m0/s1. The van der Waals surface area contributed by atoms with Gasteiger partial charge in [0, 0.05) is 11.9 Å². The van der Waals surface area contributed by atoms with Crippen molar-refractivity contribution in [2.45, 2.75) is 25.8 Å². The molecule has 1 aliphatic rings. The first-order chi connectivity index (χ1) is 11.1. The van der Waals surface area contributed by atoms with E-state index in [1.54, 1.807) is 12.1 Å². The summed E-state index contributed by atoms with van der Waals surface area (Å²) < 4.78 is 5.04.